The average Bonchev–Trinajstić information content (AvgIpc) is 2.56. The molecule has 0 amide bonds. The average molecular weight is 238 g/mol. The molecule has 0 aliphatic rings. The van der Waals surface area contributed by atoms with Crippen molar-refractivity contribution in [2.75, 3.05) is 0 Å². The Morgan fingerprint density at radius 1 is 1.40 bits per heavy atom. The smallest absolute Gasteiger partial charge is 0.0764 e. The lowest BCUT2D eigenvalue weighted by Crippen LogP contribution is -2.29. The van der Waals surface area contributed by atoms with E-state index < -0.39 is 0 Å². The van der Waals surface area contributed by atoms with Crippen molar-refractivity contribution in [3.8, 4) is 0 Å². The molecule has 0 spiro atoms. The first-order valence-electron chi connectivity index (χ1n) is 4.82. The maximum atomic E-state index is 4.11. The SMILES string of the molecule is CC(C)(C)NSc1cc2cnccc2s1. The van der Waals surface area contributed by atoms with Gasteiger partial charge in [-0.25, -0.2) is 0 Å². The van der Waals surface area contributed by atoms with Crippen LogP contribution < -0.4 is 4.72 Å². The van der Waals surface area contributed by atoms with Crippen molar-refractivity contribution in [1.82, 2.24) is 9.71 Å². The van der Waals surface area contributed by atoms with Gasteiger partial charge in [-0.1, -0.05) is 0 Å². The lowest BCUT2D eigenvalue weighted by molar-refractivity contribution is 0.536. The monoisotopic (exact) mass is 238 g/mol. The van der Waals surface area contributed by atoms with E-state index in [9.17, 15) is 0 Å². The van der Waals surface area contributed by atoms with Crippen molar-refractivity contribution in [1.29, 1.82) is 0 Å². The van der Waals surface area contributed by atoms with Crippen LogP contribution in [0.15, 0.2) is 28.7 Å². The van der Waals surface area contributed by atoms with Crippen LogP contribution in [0.1, 0.15) is 20.8 Å². The van der Waals surface area contributed by atoms with Gasteiger partial charge in [0.15, 0.2) is 0 Å². The van der Waals surface area contributed by atoms with Gasteiger partial charge in [0.05, 0.1) is 4.21 Å². The van der Waals surface area contributed by atoms with Gasteiger partial charge in [0.1, 0.15) is 0 Å². The fourth-order valence-corrected chi connectivity index (χ4v) is 3.03. The number of hydrogen-bond acceptors (Lipinski definition) is 4. The fraction of sp³-hybridized carbons (Fsp3) is 0.364. The van der Waals surface area contributed by atoms with Gasteiger partial charge in [0.2, 0.25) is 0 Å². The van der Waals surface area contributed by atoms with Crippen LogP contribution in [0.5, 0.6) is 0 Å². The molecular weight excluding hydrogens is 224 g/mol. The zero-order chi connectivity index (χ0) is 10.9. The summed E-state index contributed by atoms with van der Waals surface area (Å²) in [4.78, 5) is 4.11. The zero-order valence-electron chi connectivity index (χ0n) is 9.07. The predicted molar refractivity (Wildman–Crippen MR) is 68.4 cm³/mol. The number of nitrogens with one attached hydrogen (secondary N) is 1. The van der Waals surface area contributed by atoms with E-state index in [0.717, 1.165) is 0 Å². The molecule has 0 aliphatic carbocycles. The van der Waals surface area contributed by atoms with E-state index in [1.165, 1.54) is 14.3 Å². The Labute approximate surface area is 98.2 Å². The Morgan fingerprint density at radius 3 is 2.87 bits per heavy atom. The predicted octanol–water partition coefficient (Wildman–Crippen LogP) is 3.69. The van der Waals surface area contributed by atoms with Crippen LogP contribution in [0.3, 0.4) is 0 Å². The van der Waals surface area contributed by atoms with Crippen LogP contribution >= 0.6 is 23.3 Å². The normalized spacial score (nSPS) is 12.2. The summed E-state index contributed by atoms with van der Waals surface area (Å²) >= 11 is 3.49. The highest BCUT2D eigenvalue weighted by atomic mass is 32.2. The van der Waals surface area contributed by atoms with E-state index in [1.807, 2.05) is 12.4 Å². The fourth-order valence-electron chi connectivity index (χ4n) is 1.11. The molecule has 0 aromatic carbocycles. The maximum Gasteiger partial charge on any atom is 0.0764 e. The van der Waals surface area contributed by atoms with E-state index >= 15 is 0 Å². The van der Waals surface area contributed by atoms with Crippen LogP contribution in [0, 0.1) is 0 Å². The summed E-state index contributed by atoms with van der Waals surface area (Å²) in [6, 6.07) is 4.23. The van der Waals surface area contributed by atoms with Crippen LogP contribution in [-0.2, 0) is 0 Å². The molecule has 0 fully saturated rings. The molecule has 80 valence electrons. The number of fused-ring (bicyclic) bond motifs is 1. The quantitative estimate of drug-likeness (QED) is 0.808. The molecule has 0 aliphatic heterocycles. The van der Waals surface area contributed by atoms with Gasteiger partial charge in [0, 0.05) is 28.0 Å². The molecule has 2 rings (SSSR count). The minimum atomic E-state index is 0.138. The molecule has 0 saturated carbocycles. The van der Waals surface area contributed by atoms with Gasteiger partial charge in [-0.15, -0.1) is 11.3 Å². The van der Waals surface area contributed by atoms with Gasteiger partial charge >= 0.3 is 0 Å². The molecule has 2 heterocycles. The lowest BCUT2D eigenvalue weighted by Gasteiger charge is -2.18. The summed E-state index contributed by atoms with van der Waals surface area (Å²) in [5.74, 6) is 0. The Kier molecular flexibility index (Phi) is 3.00. The summed E-state index contributed by atoms with van der Waals surface area (Å²) in [6.45, 7) is 6.48. The largest absolute Gasteiger partial charge is 0.264 e. The number of aromatic nitrogens is 1. The summed E-state index contributed by atoms with van der Waals surface area (Å²) in [5, 5.41) is 1.22. The minimum absolute atomic E-state index is 0.138. The molecule has 1 N–H and O–H groups in total. The molecule has 0 unspecified atom stereocenters. The van der Waals surface area contributed by atoms with Crippen LogP contribution in [-0.4, -0.2) is 10.5 Å². The van der Waals surface area contributed by atoms with Crippen LogP contribution in [0.25, 0.3) is 10.1 Å². The highest BCUT2D eigenvalue weighted by molar-refractivity contribution is 7.99. The summed E-state index contributed by atoms with van der Waals surface area (Å²) in [7, 11) is 0. The second-order valence-corrected chi connectivity index (χ2v) is 6.62. The topological polar surface area (TPSA) is 24.9 Å². The molecule has 0 radical (unpaired) electrons. The number of rotatable bonds is 2. The van der Waals surface area contributed by atoms with Crippen molar-refractivity contribution >= 4 is 33.4 Å². The first-order chi connectivity index (χ1) is 7.04. The number of nitrogens with zero attached hydrogens (tertiary/aromatic N) is 1. The summed E-state index contributed by atoms with van der Waals surface area (Å²) < 4.78 is 5.99. The van der Waals surface area contributed by atoms with Gasteiger partial charge in [-0.05, 0) is 44.9 Å². The van der Waals surface area contributed by atoms with Crippen LogP contribution in [0.2, 0.25) is 0 Å². The second kappa shape index (κ2) is 4.12. The standard InChI is InChI=1S/C11H14N2S2/c1-11(2,3)13-15-10-6-8-7-12-5-4-9(8)14-10/h4-7,13H,1-3H3. The molecule has 15 heavy (non-hydrogen) atoms. The van der Waals surface area contributed by atoms with E-state index in [0.29, 0.717) is 0 Å². The molecule has 2 aromatic rings. The molecule has 4 heteroatoms. The molecule has 0 saturated heterocycles. The number of pyridine rings is 1. The molecule has 2 nitrogen and oxygen atoms in total. The highest BCUT2D eigenvalue weighted by Gasteiger charge is 2.10. The maximum absolute atomic E-state index is 4.11. The van der Waals surface area contributed by atoms with Crippen molar-refractivity contribution < 1.29 is 0 Å². The number of hydrogen-bond donors (Lipinski definition) is 1. The van der Waals surface area contributed by atoms with E-state index in [2.05, 4.69) is 42.6 Å². The van der Waals surface area contributed by atoms with E-state index in [4.69, 9.17) is 0 Å². The van der Waals surface area contributed by atoms with Crippen molar-refractivity contribution in [3.05, 3.63) is 24.5 Å². The van der Waals surface area contributed by atoms with Gasteiger partial charge in [-0.3, -0.25) is 9.71 Å². The van der Waals surface area contributed by atoms with Crippen LogP contribution in [0.4, 0.5) is 0 Å². The Balaban J connectivity index is 2.16. The first-order valence-corrected chi connectivity index (χ1v) is 6.45. The third-order valence-electron chi connectivity index (χ3n) is 1.75. The molecule has 0 atom stereocenters. The van der Waals surface area contributed by atoms with Gasteiger partial charge in [-0.2, -0.15) is 0 Å². The zero-order valence-corrected chi connectivity index (χ0v) is 10.7. The molecule has 0 bridgehead atoms. The minimum Gasteiger partial charge on any atom is -0.264 e. The Hall–Kier alpha value is -0.580. The number of thiophene rings is 1. The van der Waals surface area contributed by atoms with Gasteiger partial charge < -0.3 is 0 Å². The molecule has 2 aromatic heterocycles. The Bertz CT molecular complexity index is 424. The van der Waals surface area contributed by atoms with E-state index in [-0.39, 0.29) is 5.54 Å². The summed E-state index contributed by atoms with van der Waals surface area (Å²) in [6.07, 6.45) is 3.75. The van der Waals surface area contributed by atoms with Gasteiger partial charge in [0.25, 0.3) is 0 Å². The van der Waals surface area contributed by atoms with E-state index in [1.54, 1.807) is 23.3 Å². The third kappa shape index (κ3) is 2.93. The second-order valence-electron chi connectivity index (χ2n) is 4.43. The first kappa shape index (κ1) is 10.9. The van der Waals surface area contributed by atoms with Crippen molar-refractivity contribution in [3.63, 3.8) is 0 Å². The van der Waals surface area contributed by atoms with Crippen molar-refractivity contribution in [2.45, 2.75) is 30.5 Å². The molecular formula is C11H14N2S2. The lowest BCUT2D eigenvalue weighted by atomic mass is 10.1. The van der Waals surface area contributed by atoms with Crippen molar-refractivity contribution in [2.24, 2.45) is 0 Å². The summed E-state index contributed by atoms with van der Waals surface area (Å²) in [5.41, 5.74) is 0.138. The Morgan fingerprint density at radius 2 is 2.20 bits per heavy atom. The third-order valence-corrected chi connectivity index (χ3v) is 4.20. The highest BCUT2D eigenvalue weighted by Crippen LogP contribution is 2.31.